The van der Waals surface area contributed by atoms with Gasteiger partial charge in [-0.15, -0.1) is 0 Å². The molecule has 0 radical (unpaired) electrons. The average Bonchev–Trinajstić information content (AvgIpc) is 3.05. The molecule has 0 aliphatic rings. The fourth-order valence-corrected chi connectivity index (χ4v) is 4.05. The van der Waals surface area contributed by atoms with Crippen molar-refractivity contribution in [2.45, 2.75) is 11.7 Å². The van der Waals surface area contributed by atoms with Crippen LogP contribution >= 0.6 is 34.4 Å². The SMILES string of the molecule is CSc1nc2c(F)c(I)c(F)cc2n1Cc1ccc(-c2ccccc2)cc1. The standard InChI is InChI=1S/C21H15F2IN2S/c1-27-21-25-20-17(11-16(22)19(24)18(20)23)26(21)12-13-7-9-15(10-8-13)14-5-3-2-4-6-14/h2-11H,12H2,1H3. The first-order valence-corrected chi connectivity index (χ1v) is 10.6. The summed E-state index contributed by atoms with van der Waals surface area (Å²) in [5.41, 5.74) is 4.02. The second-order valence-corrected chi connectivity index (χ2v) is 7.95. The normalized spacial score (nSPS) is 11.3. The predicted octanol–water partition coefficient (Wildman–Crippen LogP) is 6.36. The van der Waals surface area contributed by atoms with E-state index >= 15 is 0 Å². The van der Waals surface area contributed by atoms with Gasteiger partial charge in [-0.05, 0) is 45.5 Å². The lowest BCUT2D eigenvalue weighted by molar-refractivity contribution is 0.577. The molecule has 0 amide bonds. The molecule has 0 aliphatic heterocycles. The zero-order valence-corrected chi connectivity index (χ0v) is 17.4. The van der Waals surface area contributed by atoms with Crippen LogP contribution in [0.3, 0.4) is 0 Å². The molecule has 3 aromatic carbocycles. The van der Waals surface area contributed by atoms with E-state index in [2.05, 4.69) is 29.2 Å². The lowest BCUT2D eigenvalue weighted by Gasteiger charge is -2.09. The summed E-state index contributed by atoms with van der Waals surface area (Å²) in [4.78, 5) is 4.37. The van der Waals surface area contributed by atoms with Crippen molar-refractivity contribution in [1.82, 2.24) is 9.55 Å². The third kappa shape index (κ3) is 3.48. The number of thioether (sulfide) groups is 1. The van der Waals surface area contributed by atoms with Crippen molar-refractivity contribution < 1.29 is 8.78 Å². The van der Waals surface area contributed by atoms with E-state index in [1.807, 2.05) is 41.2 Å². The number of nitrogens with zero attached hydrogens (tertiary/aromatic N) is 2. The molecule has 4 rings (SSSR count). The van der Waals surface area contributed by atoms with E-state index in [-0.39, 0.29) is 9.09 Å². The highest BCUT2D eigenvalue weighted by Crippen LogP contribution is 2.30. The Labute approximate surface area is 173 Å². The predicted molar refractivity (Wildman–Crippen MR) is 115 cm³/mol. The molecule has 2 nitrogen and oxygen atoms in total. The van der Waals surface area contributed by atoms with Crippen LogP contribution in [0.1, 0.15) is 5.56 Å². The van der Waals surface area contributed by atoms with Crippen LogP contribution in [0.4, 0.5) is 8.78 Å². The van der Waals surface area contributed by atoms with Crippen LogP contribution < -0.4 is 0 Å². The Balaban J connectivity index is 1.73. The van der Waals surface area contributed by atoms with Crippen molar-refractivity contribution in [1.29, 1.82) is 0 Å². The topological polar surface area (TPSA) is 17.8 Å². The largest absolute Gasteiger partial charge is 0.314 e. The molecule has 0 unspecified atom stereocenters. The Morgan fingerprint density at radius 2 is 1.67 bits per heavy atom. The summed E-state index contributed by atoms with van der Waals surface area (Å²) in [5.74, 6) is -1.16. The van der Waals surface area contributed by atoms with E-state index in [1.54, 1.807) is 22.6 Å². The van der Waals surface area contributed by atoms with Gasteiger partial charge < -0.3 is 4.57 Å². The first-order valence-electron chi connectivity index (χ1n) is 8.30. The molecule has 0 spiro atoms. The van der Waals surface area contributed by atoms with Crippen LogP contribution in [0.25, 0.3) is 22.2 Å². The van der Waals surface area contributed by atoms with Gasteiger partial charge in [-0.2, -0.15) is 0 Å². The van der Waals surface area contributed by atoms with Gasteiger partial charge in [0.1, 0.15) is 11.3 Å². The maximum Gasteiger partial charge on any atom is 0.169 e. The quantitative estimate of drug-likeness (QED) is 0.188. The molecule has 0 fully saturated rings. The van der Waals surface area contributed by atoms with Gasteiger partial charge in [0.25, 0.3) is 0 Å². The number of fused-ring (bicyclic) bond motifs is 1. The smallest absolute Gasteiger partial charge is 0.169 e. The lowest BCUT2D eigenvalue weighted by atomic mass is 10.0. The molecular weight excluding hydrogens is 477 g/mol. The van der Waals surface area contributed by atoms with E-state index in [9.17, 15) is 8.78 Å². The Hall–Kier alpha value is -1.93. The number of benzene rings is 3. The molecule has 0 saturated carbocycles. The van der Waals surface area contributed by atoms with Gasteiger partial charge in [0.15, 0.2) is 11.0 Å². The van der Waals surface area contributed by atoms with E-state index in [1.165, 1.54) is 17.8 Å². The second kappa shape index (κ2) is 7.59. The first-order chi connectivity index (χ1) is 13.1. The van der Waals surface area contributed by atoms with Crippen molar-refractivity contribution in [3.63, 3.8) is 0 Å². The molecule has 1 heterocycles. The summed E-state index contributed by atoms with van der Waals surface area (Å²) in [5, 5.41) is 0.664. The molecule has 1 aromatic heterocycles. The molecule has 6 heteroatoms. The minimum atomic E-state index is -0.598. The fraction of sp³-hybridized carbons (Fsp3) is 0.0952. The van der Waals surface area contributed by atoms with Crippen molar-refractivity contribution in [3.8, 4) is 11.1 Å². The minimum Gasteiger partial charge on any atom is -0.314 e. The Bertz CT molecular complexity index is 1110. The second-order valence-electron chi connectivity index (χ2n) is 6.10. The lowest BCUT2D eigenvalue weighted by Crippen LogP contribution is -2.02. The Morgan fingerprint density at radius 3 is 2.33 bits per heavy atom. The average molecular weight is 492 g/mol. The summed E-state index contributed by atoms with van der Waals surface area (Å²) >= 11 is 3.10. The molecule has 0 aliphatic carbocycles. The van der Waals surface area contributed by atoms with Gasteiger partial charge in [0.2, 0.25) is 0 Å². The molecule has 27 heavy (non-hydrogen) atoms. The molecule has 0 atom stereocenters. The minimum absolute atomic E-state index is 0.0235. The van der Waals surface area contributed by atoms with E-state index in [0.29, 0.717) is 17.2 Å². The van der Waals surface area contributed by atoms with Gasteiger partial charge >= 0.3 is 0 Å². The van der Waals surface area contributed by atoms with Gasteiger partial charge in [0, 0.05) is 6.07 Å². The van der Waals surface area contributed by atoms with E-state index in [4.69, 9.17) is 0 Å². The van der Waals surface area contributed by atoms with Crippen molar-refractivity contribution in [3.05, 3.63) is 81.4 Å². The number of hydrogen-bond acceptors (Lipinski definition) is 2. The number of imidazole rings is 1. The van der Waals surface area contributed by atoms with Gasteiger partial charge in [-0.25, -0.2) is 13.8 Å². The van der Waals surface area contributed by atoms with Crippen LogP contribution in [0.15, 0.2) is 65.8 Å². The van der Waals surface area contributed by atoms with Gasteiger partial charge in [0.05, 0.1) is 15.6 Å². The summed E-state index contributed by atoms with van der Waals surface area (Å²) in [6.45, 7) is 0.501. The van der Waals surface area contributed by atoms with Gasteiger partial charge in [-0.3, -0.25) is 0 Å². The number of aromatic nitrogens is 2. The zero-order valence-electron chi connectivity index (χ0n) is 14.4. The zero-order chi connectivity index (χ0) is 19.0. The summed E-state index contributed by atoms with van der Waals surface area (Å²) in [6.07, 6.45) is 1.88. The van der Waals surface area contributed by atoms with Crippen LogP contribution in [0.2, 0.25) is 0 Å². The number of hydrogen-bond donors (Lipinski definition) is 0. The third-order valence-electron chi connectivity index (χ3n) is 4.43. The maximum atomic E-state index is 14.4. The highest BCUT2D eigenvalue weighted by Gasteiger charge is 2.19. The van der Waals surface area contributed by atoms with Crippen molar-refractivity contribution in [2.75, 3.05) is 6.26 Å². The molecule has 4 aromatic rings. The highest BCUT2D eigenvalue weighted by molar-refractivity contribution is 14.1. The van der Waals surface area contributed by atoms with Gasteiger partial charge in [-0.1, -0.05) is 66.4 Å². The van der Waals surface area contributed by atoms with Crippen molar-refractivity contribution >= 4 is 45.4 Å². The Morgan fingerprint density at radius 1 is 1.00 bits per heavy atom. The van der Waals surface area contributed by atoms with Crippen LogP contribution in [-0.2, 0) is 6.54 Å². The van der Waals surface area contributed by atoms with Crippen LogP contribution in [0, 0.1) is 15.2 Å². The third-order valence-corrected chi connectivity index (χ3v) is 6.10. The maximum absolute atomic E-state index is 14.4. The monoisotopic (exact) mass is 492 g/mol. The summed E-state index contributed by atoms with van der Waals surface area (Å²) in [7, 11) is 0. The summed E-state index contributed by atoms with van der Waals surface area (Å²) in [6, 6.07) is 19.7. The molecule has 136 valence electrons. The molecule has 0 N–H and O–H groups in total. The molecule has 0 bridgehead atoms. The number of rotatable bonds is 4. The van der Waals surface area contributed by atoms with E-state index in [0.717, 1.165) is 16.7 Å². The number of halogens is 3. The highest BCUT2D eigenvalue weighted by atomic mass is 127. The van der Waals surface area contributed by atoms with Crippen molar-refractivity contribution in [2.24, 2.45) is 0 Å². The molecular formula is C21H15F2IN2S. The first kappa shape index (κ1) is 18.4. The summed E-state index contributed by atoms with van der Waals surface area (Å²) < 4.78 is 30.4. The fourth-order valence-electron chi connectivity index (χ4n) is 3.07. The van der Waals surface area contributed by atoms with E-state index < -0.39 is 11.6 Å². The Kier molecular flexibility index (Phi) is 5.19. The molecule has 0 saturated heterocycles. The van der Waals surface area contributed by atoms with Crippen LogP contribution in [0.5, 0.6) is 0 Å². The van der Waals surface area contributed by atoms with Crippen LogP contribution in [-0.4, -0.2) is 15.8 Å².